The molecule has 2 rings (SSSR count). The molecular formula is C13H22N2O3. The number of ketones is 1. The first kappa shape index (κ1) is 13.3. The summed E-state index contributed by atoms with van der Waals surface area (Å²) in [6, 6.07) is 0.323. The molecule has 0 aromatic carbocycles. The van der Waals surface area contributed by atoms with E-state index in [2.05, 4.69) is 4.90 Å². The van der Waals surface area contributed by atoms with E-state index in [-0.39, 0.29) is 6.09 Å². The first-order valence-corrected chi connectivity index (χ1v) is 6.59. The molecule has 1 atom stereocenters. The zero-order valence-corrected chi connectivity index (χ0v) is 11.4. The van der Waals surface area contributed by atoms with E-state index in [1.54, 1.807) is 4.90 Å². The van der Waals surface area contributed by atoms with Gasteiger partial charge in [0.2, 0.25) is 0 Å². The van der Waals surface area contributed by atoms with Crippen LogP contribution in [0, 0.1) is 0 Å². The van der Waals surface area contributed by atoms with E-state index in [1.807, 2.05) is 20.8 Å². The van der Waals surface area contributed by atoms with Gasteiger partial charge in [-0.15, -0.1) is 0 Å². The summed E-state index contributed by atoms with van der Waals surface area (Å²) in [4.78, 5) is 27.3. The highest BCUT2D eigenvalue weighted by molar-refractivity contribution is 5.81. The molecule has 102 valence electrons. The van der Waals surface area contributed by atoms with Crippen molar-refractivity contribution < 1.29 is 14.3 Å². The number of rotatable bonds is 0. The molecule has 2 fully saturated rings. The van der Waals surface area contributed by atoms with Crippen LogP contribution in [0.25, 0.3) is 0 Å². The molecule has 5 nitrogen and oxygen atoms in total. The number of piperidine rings is 1. The maximum atomic E-state index is 12.0. The molecular weight excluding hydrogens is 232 g/mol. The molecule has 0 aliphatic carbocycles. The fourth-order valence-corrected chi connectivity index (χ4v) is 2.50. The monoisotopic (exact) mass is 254 g/mol. The minimum atomic E-state index is -0.448. The van der Waals surface area contributed by atoms with E-state index < -0.39 is 5.60 Å². The largest absolute Gasteiger partial charge is 0.444 e. The molecule has 0 aromatic heterocycles. The fourth-order valence-electron chi connectivity index (χ4n) is 2.50. The summed E-state index contributed by atoms with van der Waals surface area (Å²) in [7, 11) is 0. The van der Waals surface area contributed by atoms with Gasteiger partial charge in [-0.05, 0) is 27.2 Å². The number of hydrogen-bond acceptors (Lipinski definition) is 4. The first-order valence-electron chi connectivity index (χ1n) is 6.59. The van der Waals surface area contributed by atoms with Gasteiger partial charge in [-0.2, -0.15) is 0 Å². The van der Waals surface area contributed by atoms with Crippen LogP contribution in [0.15, 0.2) is 0 Å². The Hall–Kier alpha value is -1.10. The summed E-state index contributed by atoms with van der Waals surface area (Å²) < 4.78 is 5.38. The number of Topliss-reactive ketones (excluding diaryl/α,β-unsaturated/α-hetero) is 1. The van der Waals surface area contributed by atoms with Gasteiger partial charge >= 0.3 is 6.09 Å². The number of amides is 1. The Kier molecular flexibility index (Phi) is 3.61. The lowest BCUT2D eigenvalue weighted by Crippen LogP contribution is -2.58. The highest BCUT2D eigenvalue weighted by atomic mass is 16.6. The van der Waals surface area contributed by atoms with Crippen molar-refractivity contribution in [2.45, 2.75) is 45.3 Å². The van der Waals surface area contributed by atoms with Crippen molar-refractivity contribution in [2.75, 3.05) is 26.2 Å². The minimum absolute atomic E-state index is 0.237. The molecule has 2 aliphatic heterocycles. The quantitative estimate of drug-likeness (QED) is 0.653. The maximum Gasteiger partial charge on any atom is 0.410 e. The molecule has 2 heterocycles. The second-order valence-electron chi connectivity index (χ2n) is 6.13. The van der Waals surface area contributed by atoms with Crippen molar-refractivity contribution >= 4 is 11.9 Å². The summed E-state index contributed by atoms with van der Waals surface area (Å²) in [6.07, 6.45) is 1.26. The number of fused-ring (bicyclic) bond motifs is 1. The Labute approximate surface area is 108 Å². The van der Waals surface area contributed by atoms with Gasteiger partial charge in [0.1, 0.15) is 11.4 Å². The summed E-state index contributed by atoms with van der Waals surface area (Å²) >= 11 is 0. The lowest BCUT2D eigenvalue weighted by Gasteiger charge is -2.43. The number of ether oxygens (including phenoxy) is 1. The van der Waals surface area contributed by atoms with E-state index in [0.29, 0.717) is 37.9 Å². The van der Waals surface area contributed by atoms with Gasteiger partial charge < -0.3 is 9.64 Å². The lowest BCUT2D eigenvalue weighted by atomic mass is 9.99. The maximum absolute atomic E-state index is 12.0. The van der Waals surface area contributed by atoms with Gasteiger partial charge in [0.25, 0.3) is 0 Å². The van der Waals surface area contributed by atoms with Crippen molar-refractivity contribution in [3.05, 3.63) is 0 Å². The Balaban J connectivity index is 1.91. The molecule has 0 spiro atoms. The summed E-state index contributed by atoms with van der Waals surface area (Å²) in [5.41, 5.74) is -0.448. The zero-order chi connectivity index (χ0) is 13.3. The molecule has 0 radical (unpaired) electrons. The Morgan fingerprint density at radius 2 is 2.06 bits per heavy atom. The number of carbonyl (C=O) groups is 2. The number of piperazine rings is 1. The van der Waals surface area contributed by atoms with Gasteiger partial charge in [0.15, 0.2) is 0 Å². The Bertz CT molecular complexity index is 349. The van der Waals surface area contributed by atoms with Crippen LogP contribution < -0.4 is 0 Å². The van der Waals surface area contributed by atoms with E-state index >= 15 is 0 Å². The van der Waals surface area contributed by atoms with Crippen LogP contribution in [-0.2, 0) is 9.53 Å². The topological polar surface area (TPSA) is 49.9 Å². The zero-order valence-electron chi connectivity index (χ0n) is 11.4. The van der Waals surface area contributed by atoms with Crippen LogP contribution in [0.1, 0.15) is 33.6 Å². The molecule has 0 unspecified atom stereocenters. The summed E-state index contributed by atoms with van der Waals surface area (Å²) in [6.45, 7) is 8.28. The van der Waals surface area contributed by atoms with Gasteiger partial charge in [-0.1, -0.05) is 0 Å². The van der Waals surface area contributed by atoms with E-state index in [1.165, 1.54) is 0 Å². The van der Waals surface area contributed by atoms with Gasteiger partial charge in [0.05, 0.1) is 6.54 Å². The molecule has 0 N–H and O–H groups in total. The van der Waals surface area contributed by atoms with Crippen LogP contribution in [0.2, 0.25) is 0 Å². The average molecular weight is 254 g/mol. The molecule has 0 saturated carbocycles. The van der Waals surface area contributed by atoms with Crippen molar-refractivity contribution in [1.82, 2.24) is 9.80 Å². The van der Waals surface area contributed by atoms with Gasteiger partial charge in [-0.25, -0.2) is 4.79 Å². The fraction of sp³-hybridized carbons (Fsp3) is 0.846. The van der Waals surface area contributed by atoms with E-state index in [0.717, 1.165) is 13.0 Å². The smallest absolute Gasteiger partial charge is 0.410 e. The highest BCUT2D eigenvalue weighted by Crippen LogP contribution is 2.21. The van der Waals surface area contributed by atoms with Crippen LogP contribution in [0.3, 0.4) is 0 Å². The third-order valence-electron chi connectivity index (χ3n) is 3.39. The van der Waals surface area contributed by atoms with Crippen molar-refractivity contribution in [3.63, 3.8) is 0 Å². The highest BCUT2D eigenvalue weighted by Gasteiger charge is 2.34. The van der Waals surface area contributed by atoms with Crippen LogP contribution in [-0.4, -0.2) is 59.5 Å². The minimum Gasteiger partial charge on any atom is -0.444 e. The lowest BCUT2D eigenvalue weighted by molar-refractivity contribution is -0.124. The Morgan fingerprint density at radius 1 is 1.33 bits per heavy atom. The van der Waals surface area contributed by atoms with Crippen molar-refractivity contribution in [3.8, 4) is 0 Å². The third-order valence-corrected chi connectivity index (χ3v) is 3.39. The van der Waals surface area contributed by atoms with Gasteiger partial charge in [0, 0.05) is 32.1 Å². The average Bonchev–Trinajstić information content (AvgIpc) is 2.26. The van der Waals surface area contributed by atoms with Gasteiger partial charge in [-0.3, -0.25) is 9.69 Å². The second kappa shape index (κ2) is 4.88. The third kappa shape index (κ3) is 3.22. The predicted molar refractivity (Wildman–Crippen MR) is 67.4 cm³/mol. The van der Waals surface area contributed by atoms with Crippen LogP contribution >= 0.6 is 0 Å². The summed E-state index contributed by atoms with van der Waals surface area (Å²) in [5.74, 6) is 0.317. The molecule has 18 heavy (non-hydrogen) atoms. The SMILES string of the molecule is CC(C)(C)OC(=O)N1CCN2CC(=O)CC[C@H]2C1. The molecule has 1 amide bonds. The number of carbonyl (C=O) groups excluding carboxylic acids is 2. The molecule has 5 heteroatoms. The predicted octanol–water partition coefficient (Wildman–Crippen LogP) is 1.27. The normalized spacial score (nSPS) is 25.8. The van der Waals surface area contributed by atoms with Crippen LogP contribution in [0.4, 0.5) is 4.79 Å². The molecule has 0 aromatic rings. The van der Waals surface area contributed by atoms with Crippen molar-refractivity contribution in [2.24, 2.45) is 0 Å². The molecule has 2 saturated heterocycles. The standard InChI is InChI=1S/C13H22N2O3/c1-13(2,3)18-12(17)15-7-6-14-9-11(16)5-4-10(14)8-15/h10H,4-9H2,1-3H3/t10-/m0/s1. The number of nitrogens with zero attached hydrogens (tertiary/aromatic N) is 2. The van der Waals surface area contributed by atoms with E-state index in [9.17, 15) is 9.59 Å². The molecule has 0 bridgehead atoms. The van der Waals surface area contributed by atoms with Crippen LogP contribution in [0.5, 0.6) is 0 Å². The van der Waals surface area contributed by atoms with Crippen molar-refractivity contribution in [1.29, 1.82) is 0 Å². The first-order chi connectivity index (χ1) is 8.35. The second-order valence-corrected chi connectivity index (χ2v) is 6.13. The molecule has 2 aliphatic rings. The summed E-state index contributed by atoms with van der Waals surface area (Å²) in [5, 5.41) is 0. The Morgan fingerprint density at radius 3 is 2.72 bits per heavy atom. The number of hydrogen-bond donors (Lipinski definition) is 0. The van der Waals surface area contributed by atoms with E-state index in [4.69, 9.17) is 4.74 Å².